The third-order valence-electron chi connectivity index (χ3n) is 7.37. The molecule has 11 heteroatoms. The average Bonchev–Trinajstić information content (AvgIpc) is 3.67. The molecule has 42 heavy (non-hydrogen) atoms. The molecule has 4 N–H and O–H groups in total. The molecule has 0 spiro atoms. The molecule has 2 aliphatic rings. The Bertz CT molecular complexity index is 1420. The van der Waals surface area contributed by atoms with Crippen LogP contribution in [0.4, 0.5) is 5.82 Å². The number of likely N-dealkylation sites (tertiary alicyclic amines) is 1. The largest absolute Gasteiger partial charge is 0.423 e. The van der Waals surface area contributed by atoms with E-state index >= 15 is 0 Å². The number of anilines is 1. The summed E-state index contributed by atoms with van der Waals surface area (Å²) in [5.41, 5.74) is 6.97. The molecule has 4 heterocycles. The number of hydrogen-bond donors (Lipinski definition) is 3. The SMILES string of the molecule is CN.Cc1csc(C2CCCN2C(=O)c2cc(C(=N)OC(=N)C(C)Cc3ccccc3)nc(N3CCCCC3=O)c2)n1. The lowest BCUT2D eigenvalue weighted by atomic mass is 10.0. The minimum Gasteiger partial charge on any atom is -0.423 e. The van der Waals surface area contributed by atoms with E-state index in [0.717, 1.165) is 41.9 Å². The summed E-state index contributed by atoms with van der Waals surface area (Å²) >= 11 is 1.56. The van der Waals surface area contributed by atoms with Crippen LogP contribution in [-0.2, 0) is 16.0 Å². The van der Waals surface area contributed by atoms with E-state index in [2.05, 4.69) is 15.7 Å². The highest BCUT2D eigenvalue weighted by Crippen LogP contribution is 2.35. The minimum atomic E-state index is -0.321. The number of aryl methyl sites for hydroxylation is 1. The van der Waals surface area contributed by atoms with Crippen molar-refractivity contribution in [3.05, 3.63) is 75.4 Å². The van der Waals surface area contributed by atoms with Crippen molar-refractivity contribution in [2.45, 2.75) is 58.4 Å². The van der Waals surface area contributed by atoms with Crippen molar-refractivity contribution >= 4 is 40.8 Å². The fraction of sp³-hybridized carbons (Fsp3) is 0.419. The smallest absolute Gasteiger partial charge is 0.254 e. The van der Waals surface area contributed by atoms with Gasteiger partial charge in [-0.3, -0.25) is 25.3 Å². The standard InChI is InChI=1S/C30H34N6O3S.CH5N/c1-19(15-21-9-4-3-5-10-21)27(31)39-28(32)23-16-22(17-25(34-23)36-13-7-6-12-26(36)37)30(38)35-14-8-11-24(35)29-33-20(2)18-40-29;1-2/h3-5,9-10,16-19,24,31-32H,6-8,11-15H2,1-2H3;2H2,1H3. The Balaban J connectivity index is 0.00000198. The van der Waals surface area contributed by atoms with Crippen LogP contribution in [0.15, 0.2) is 47.8 Å². The number of carbonyl (C=O) groups excluding carboxylic acids is 2. The number of piperidine rings is 1. The second kappa shape index (κ2) is 14.3. The minimum absolute atomic E-state index is 0.0525. The maximum atomic E-state index is 13.9. The molecular weight excluding hydrogens is 550 g/mol. The molecule has 0 aliphatic carbocycles. The molecule has 2 unspecified atom stereocenters. The number of thiazole rings is 1. The van der Waals surface area contributed by atoms with Gasteiger partial charge >= 0.3 is 0 Å². The van der Waals surface area contributed by atoms with Crippen LogP contribution >= 0.6 is 11.3 Å². The molecule has 2 amide bonds. The van der Waals surface area contributed by atoms with Crippen LogP contribution in [0.1, 0.15) is 77.4 Å². The van der Waals surface area contributed by atoms with Crippen molar-refractivity contribution in [1.29, 1.82) is 10.8 Å². The summed E-state index contributed by atoms with van der Waals surface area (Å²) < 4.78 is 5.66. The van der Waals surface area contributed by atoms with Crippen molar-refractivity contribution in [3.8, 4) is 0 Å². The molecule has 2 aromatic heterocycles. The molecule has 0 bridgehead atoms. The third kappa shape index (κ3) is 7.27. The monoisotopic (exact) mass is 589 g/mol. The van der Waals surface area contributed by atoms with E-state index in [1.807, 2.05) is 54.5 Å². The summed E-state index contributed by atoms with van der Waals surface area (Å²) in [6.45, 7) is 4.93. The molecule has 2 aliphatic heterocycles. The molecule has 0 radical (unpaired) electrons. The van der Waals surface area contributed by atoms with Crippen molar-refractivity contribution < 1.29 is 14.3 Å². The summed E-state index contributed by atoms with van der Waals surface area (Å²) in [6.07, 6.45) is 4.39. The van der Waals surface area contributed by atoms with Crippen molar-refractivity contribution in [2.24, 2.45) is 11.7 Å². The number of aromatic nitrogens is 2. The van der Waals surface area contributed by atoms with E-state index in [1.165, 1.54) is 7.05 Å². The lowest BCUT2D eigenvalue weighted by Gasteiger charge is -2.28. The number of nitrogens with zero attached hydrogens (tertiary/aromatic N) is 4. The zero-order valence-electron chi connectivity index (χ0n) is 24.4. The first-order chi connectivity index (χ1) is 20.3. The van der Waals surface area contributed by atoms with Gasteiger partial charge in [0.1, 0.15) is 16.5 Å². The maximum Gasteiger partial charge on any atom is 0.254 e. The van der Waals surface area contributed by atoms with Crippen LogP contribution in [0, 0.1) is 23.7 Å². The topological polar surface area (TPSA) is 149 Å². The number of pyridine rings is 1. The van der Waals surface area contributed by atoms with Gasteiger partial charge in [0, 0.05) is 42.1 Å². The number of carbonyl (C=O) groups is 2. The molecule has 2 saturated heterocycles. The number of benzene rings is 1. The number of nitrogens with one attached hydrogen (secondary N) is 2. The van der Waals surface area contributed by atoms with Gasteiger partial charge in [-0.25, -0.2) is 9.97 Å². The Hall–Kier alpha value is -3.96. The Morgan fingerprint density at radius 3 is 2.57 bits per heavy atom. The van der Waals surface area contributed by atoms with Gasteiger partial charge in [0.15, 0.2) is 5.90 Å². The summed E-state index contributed by atoms with van der Waals surface area (Å²) in [5, 5.41) is 20.0. The van der Waals surface area contributed by atoms with Crippen molar-refractivity contribution in [3.63, 3.8) is 0 Å². The normalized spacial score (nSPS) is 17.3. The predicted molar refractivity (Wildman–Crippen MR) is 165 cm³/mol. The Labute approximate surface area is 250 Å². The summed E-state index contributed by atoms with van der Waals surface area (Å²) in [6, 6.07) is 12.9. The molecule has 3 aromatic rings. The molecule has 0 saturated carbocycles. The third-order valence-corrected chi connectivity index (χ3v) is 8.44. The number of ether oxygens (including phenoxy) is 1. The van der Waals surface area contributed by atoms with Crippen LogP contribution in [0.2, 0.25) is 0 Å². The summed E-state index contributed by atoms with van der Waals surface area (Å²) in [4.78, 5) is 39.3. The van der Waals surface area contributed by atoms with E-state index in [4.69, 9.17) is 15.6 Å². The molecule has 1 aromatic carbocycles. The lowest BCUT2D eigenvalue weighted by molar-refractivity contribution is -0.119. The Kier molecular flexibility index (Phi) is 10.5. The van der Waals surface area contributed by atoms with Crippen LogP contribution in [0.5, 0.6) is 0 Å². The summed E-state index contributed by atoms with van der Waals surface area (Å²) in [5.74, 6) is -0.541. The van der Waals surface area contributed by atoms with Gasteiger partial charge in [-0.05, 0) is 63.8 Å². The highest BCUT2D eigenvalue weighted by molar-refractivity contribution is 7.09. The first-order valence-electron chi connectivity index (χ1n) is 14.3. The molecule has 222 valence electrons. The first kappa shape index (κ1) is 31.0. The van der Waals surface area contributed by atoms with Gasteiger partial charge in [0.25, 0.3) is 5.91 Å². The average molecular weight is 590 g/mol. The van der Waals surface area contributed by atoms with Gasteiger partial charge in [0.2, 0.25) is 11.8 Å². The zero-order valence-corrected chi connectivity index (χ0v) is 25.2. The van der Waals surface area contributed by atoms with Gasteiger partial charge in [0.05, 0.1) is 6.04 Å². The fourth-order valence-electron chi connectivity index (χ4n) is 5.22. The predicted octanol–water partition coefficient (Wildman–Crippen LogP) is 5.11. The number of hydrogen-bond acceptors (Lipinski definition) is 9. The number of nitrogens with two attached hydrogens (primary N) is 1. The second-order valence-corrected chi connectivity index (χ2v) is 11.4. The second-order valence-electron chi connectivity index (χ2n) is 10.5. The van der Waals surface area contributed by atoms with Gasteiger partial charge in [-0.15, -0.1) is 11.3 Å². The highest BCUT2D eigenvalue weighted by atomic mass is 32.1. The zero-order chi connectivity index (χ0) is 30.2. The fourth-order valence-corrected chi connectivity index (χ4v) is 6.17. The van der Waals surface area contributed by atoms with E-state index in [0.29, 0.717) is 37.3 Å². The van der Waals surface area contributed by atoms with E-state index in [9.17, 15) is 9.59 Å². The molecule has 2 fully saturated rings. The molecular formula is C31H39N7O3S. The quantitative estimate of drug-likeness (QED) is 0.257. The summed E-state index contributed by atoms with van der Waals surface area (Å²) in [7, 11) is 1.50. The number of amides is 2. The molecule has 2 atom stereocenters. The molecule has 5 rings (SSSR count). The van der Waals surface area contributed by atoms with E-state index in [-0.39, 0.29) is 41.3 Å². The van der Waals surface area contributed by atoms with Crippen LogP contribution in [0.25, 0.3) is 0 Å². The number of rotatable bonds is 7. The maximum absolute atomic E-state index is 13.9. The van der Waals surface area contributed by atoms with Crippen LogP contribution in [0.3, 0.4) is 0 Å². The first-order valence-corrected chi connectivity index (χ1v) is 15.2. The highest BCUT2D eigenvalue weighted by Gasteiger charge is 2.34. The van der Waals surface area contributed by atoms with Gasteiger partial charge in [-0.1, -0.05) is 37.3 Å². The molecule has 10 nitrogen and oxygen atoms in total. The van der Waals surface area contributed by atoms with E-state index < -0.39 is 0 Å². The van der Waals surface area contributed by atoms with Crippen molar-refractivity contribution in [1.82, 2.24) is 14.9 Å². The van der Waals surface area contributed by atoms with Crippen molar-refractivity contribution in [2.75, 3.05) is 25.0 Å². The lowest BCUT2D eigenvalue weighted by Crippen LogP contribution is -2.37. The van der Waals surface area contributed by atoms with Crippen LogP contribution < -0.4 is 10.6 Å². The Morgan fingerprint density at radius 1 is 1.12 bits per heavy atom. The Morgan fingerprint density at radius 2 is 1.88 bits per heavy atom. The van der Waals surface area contributed by atoms with Gasteiger partial charge < -0.3 is 15.4 Å². The van der Waals surface area contributed by atoms with Gasteiger partial charge in [-0.2, -0.15) is 0 Å². The van der Waals surface area contributed by atoms with E-state index in [1.54, 1.807) is 28.4 Å². The van der Waals surface area contributed by atoms with Crippen LogP contribution in [-0.4, -0.2) is 58.6 Å².